The first-order chi connectivity index (χ1) is 4.84. The molecule has 0 unspecified atom stereocenters. The van der Waals surface area contributed by atoms with Crippen LogP contribution in [0.2, 0.25) is 0 Å². The van der Waals surface area contributed by atoms with Crippen molar-refractivity contribution >= 4 is 0 Å². The third kappa shape index (κ3) is 1.50. The minimum atomic E-state index is 0.434. The molecule has 0 aliphatic heterocycles. The Labute approximate surface area is 61.7 Å². The summed E-state index contributed by atoms with van der Waals surface area (Å²) in [6, 6.07) is 0.434. The van der Waals surface area contributed by atoms with Gasteiger partial charge in [-0.05, 0) is 31.6 Å². The van der Waals surface area contributed by atoms with Crippen LogP contribution in [0.5, 0.6) is 0 Å². The summed E-state index contributed by atoms with van der Waals surface area (Å²) in [6.07, 6.45) is 5.47. The zero-order valence-corrected chi connectivity index (χ0v) is 6.25. The third-order valence-corrected chi connectivity index (χ3v) is 2.40. The van der Waals surface area contributed by atoms with Crippen LogP contribution in [-0.4, -0.2) is 18.8 Å². The molecule has 0 aromatic rings. The Morgan fingerprint density at radius 2 is 2.00 bits per heavy atom. The van der Waals surface area contributed by atoms with E-state index in [-0.39, 0.29) is 0 Å². The molecule has 2 heteroatoms. The van der Waals surface area contributed by atoms with Crippen molar-refractivity contribution in [3.8, 4) is 0 Å². The Morgan fingerprint density at radius 3 is 2.50 bits per heavy atom. The van der Waals surface area contributed by atoms with E-state index in [9.17, 15) is 0 Å². The van der Waals surface area contributed by atoms with E-state index in [0.29, 0.717) is 12.1 Å². The first-order valence-corrected chi connectivity index (χ1v) is 4.22. The summed E-state index contributed by atoms with van der Waals surface area (Å²) >= 11 is 0. The summed E-state index contributed by atoms with van der Waals surface area (Å²) in [5, 5.41) is 0. The highest BCUT2D eigenvalue weighted by molar-refractivity contribution is 4.84. The Bertz CT molecular complexity index is 116. The standard InChI is InChI=1S/C8H15NO/c9-7-3-8(4-7)10-5-6-1-2-6/h6-8H,1-5,9H2. The quantitative estimate of drug-likeness (QED) is 0.634. The Kier molecular flexibility index (Phi) is 1.66. The van der Waals surface area contributed by atoms with Gasteiger partial charge in [0.15, 0.2) is 0 Å². The lowest BCUT2D eigenvalue weighted by molar-refractivity contribution is -0.0134. The smallest absolute Gasteiger partial charge is 0.0604 e. The van der Waals surface area contributed by atoms with Crippen molar-refractivity contribution < 1.29 is 4.74 Å². The van der Waals surface area contributed by atoms with Crippen LogP contribution in [0.1, 0.15) is 25.7 Å². The molecule has 0 saturated heterocycles. The average Bonchev–Trinajstić information content (AvgIpc) is 2.60. The predicted octanol–water partition coefficient (Wildman–Crippen LogP) is 0.903. The van der Waals surface area contributed by atoms with Crippen LogP contribution in [0.3, 0.4) is 0 Å². The Balaban J connectivity index is 1.54. The number of rotatable bonds is 3. The van der Waals surface area contributed by atoms with E-state index >= 15 is 0 Å². The minimum absolute atomic E-state index is 0.434. The molecule has 0 aromatic carbocycles. The maximum Gasteiger partial charge on any atom is 0.0604 e. The molecule has 2 aliphatic carbocycles. The van der Waals surface area contributed by atoms with Crippen LogP contribution >= 0.6 is 0 Å². The van der Waals surface area contributed by atoms with Crippen molar-refractivity contribution in [3.05, 3.63) is 0 Å². The van der Waals surface area contributed by atoms with Gasteiger partial charge >= 0.3 is 0 Å². The van der Waals surface area contributed by atoms with Gasteiger partial charge in [0, 0.05) is 12.6 Å². The zero-order valence-electron chi connectivity index (χ0n) is 6.25. The van der Waals surface area contributed by atoms with Crippen LogP contribution in [-0.2, 0) is 4.74 Å². The van der Waals surface area contributed by atoms with Gasteiger partial charge in [0.05, 0.1) is 6.10 Å². The van der Waals surface area contributed by atoms with Gasteiger partial charge in [0.25, 0.3) is 0 Å². The maximum atomic E-state index is 5.61. The summed E-state index contributed by atoms with van der Waals surface area (Å²) in [4.78, 5) is 0. The number of hydrogen-bond donors (Lipinski definition) is 1. The van der Waals surface area contributed by atoms with Crippen LogP contribution in [0, 0.1) is 5.92 Å². The fourth-order valence-corrected chi connectivity index (χ4v) is 1.30. The Hall–Kier alpha value is -0.0800. The van der Waals surface area contributed by atoms with Gasteiger partial charge in [0.1, 0.15) is 0 Å². The van der Waals surface area contributed by atoms with Crippen molar-refractivity contribution in [2.75, 3.05) is 6.61 Å². The molecule has 0 amide bonds. The fraction of sp³-hybridized carbons (Fsp3) is 1.00. The van der Waals surface area contributed by atoms with Gasteiger partial charge in [-0.2, -0.15) is 0 Å². The van der Waals surface area contributed by atoms with Crippen LogP contribution in [0.15, 0.2) is 0 Å². The molecule has 0 heterocycles. The van der Waals surface area contributed by atoms with Crippen molar-refractivity contribution in [1.29, 1.82) is 0 Å². The average molecular weight is 141 g/mol. The van der Waals surface area contributed by atoms with Crippen molar-refractivity contribution in [2.24, 2.45) is 11.7 Å². The van der Waals surface area contributed by atoms with Crippen LogP contribution < -0.4 is 5.73 Å². The zero-order chi connectivity index (χ0) is 6.97. The second-order valence-electron chi connectivity index (χ2n) is 3.63. The molecule has 0 radical (unpaired) electrons. The molecule has 2 saturated carbocycles. The normalized spacial score (nSPS) is 39.3. The van der Waals surface area contributed by atoms with E-state index in [1.165, 1.54) is 12.8 Å². The Morgan fingerprint density at radius 1 is 1.30 bits per heavy atom. The lowest BCUT2D eigenvalue weighted by atomic mass is 9.90. The highest BCUT2D eigenvalue weighted by Gasteiger charge is 2.29. The lowest BCUT2D eigenvalue weighted by Gasteiger charge is -2.32. The highest BCUT2D eigenvalue weighted by atomic mass is 16.5. The summed E-state index contributed by atoms with van der Waals surface area (Å²) in [7, 11) is 0. The maximum absolute atomic E-state index is 5.61. The number of hydrogen-bond acceptors (Lipinski definition) is 2. The summed E-state index contributed by atoms with van der Waals surface area (Å²) in [5.74, 6) is 0.900. The second-order valence-corrected chi connectivity index (χ2v) is 3.63. The molecule has 10 heavy (non-hydrogen) atoms. The van der Waals surface area contributed by atoms with E-state index < -0.39 is 0 Å². The molecule has 2 aliphatic rings. The van der Waals surface area contributed by atoms with Crippen molar-refractivity contribution in [3.63, 3.8) is 0 Å². The van der Waals surface area contributed by atoms with Gasteiger partial charge in [0.2, 0.25) is 0 Å². The lowest BCUT2D eigenvalue weighted by Crippen LogP contribution is -2.41. The first-order valence-electron chi connectivity index (χ1n) is 4.22. The predicted molar refractivity (Wildman–Crippen MR) is 39.7 cm³/mol. The summed E-state index contributed by atoms with van der Waals surface area (Å²) in [5.41, 5.74) is 5.61. The largest absolute Gasteiger partial charge is 0.378 e. The SMILES string of the molecule is NC1CC(OCC2CC2)C1. The van der Waals surface area contributed by atoms with E-state index in [1.807, 2.05) is 0 Å². The fourth-order valence-electron chi connectivity index (χ4n) is 1.30. The number of nitrogens with two attached hydrogens (primary N) is 1. The molecular weight excluding hydrogens is 126 g/mol. The molecule has 2 fully saturated rings. The third-order valence-electron chi connectivity index (χ3n) is 2.40. The highest BCUT2D eigenvalue weighted by Crippen LogP contribution is 2.31. The molecule has 2 N–H and O–H groups in total. The first kappa shape index (κ1) is 6.62. The molecule has 58 valence electrons. The van der Waals surface area contributed by atoms with E-state index in [4.69, 9.17) is 10.5 Å². The second kappa shape index (κ2) is 2.51. The molecule has 2 rings (SSSR count). The van der Waals surface area contributed by atoms with Crippen molar-refractivity contribution in [2.45, 2.75) is 37.8 Å². The van der Waals surface area contributed by atoms with Crippen LogP contribution in [0.25, 0.3) is 0 Å². The topological polar surface area (TPSA) is 35.2 Å². The molecule has 0 atom stereocenters. The van der Waals surface area contributed by atoms with Crippen molar-refractivity contribution in [1.82, 2.24) is 0 Å². The van der Waals surface area contributed by atoms with Gasteiger partial charge in [-0.1, -0.05) is 0 Å². The van der Waals surface area contributed by atoms with Gasteiger partial charge in [-0.3, -0.25) is 0 Å². The van der Waals surface area contributed by atoms with Gasteiger partial charge < -0.3 is 10.5 Å². The molecular formula is C8H15NO. The van der Waals surface area contributed by atoms with Gasteiger partial charge in [-0.15, -0.1) is 0 Å². The van der Waals surface area contributed by atoms with E-state index in [2.05, 4.69) is 0 Å². The molecule has 2 nitrogen and oxygen atoms in total. The molecule has 0 aromatic heterocycles. The van der Waals surface area contributed by atoms with E-state index in [1.54, 1.807) is 0 Å². The monoisotopic (exact) mass is 141 g/mol. The summed E-state index contributed by atoms with van der Waals surface area (Å²) in [6.45, 7) is 0.997. The minimum Gasteiger partial charge on any atom is -0.378 e. The molecule has 0 spiro atoms. The van der Waals surface area contributed by atoms with Gasteiger partial charge in [-0.25, -0.2) is 0 Å². The number of ether oxygens (including phenoxy) is 1. The van der Waals surface area contributed by atoms with Crippen LogP contribution in [0.4, 0.5) is 0 Å². The van der Waals surface area contributed by atoms with E-state index in [0.717, 1.165) is 25.4 Å². The molecule has 0 bridgehead atoms. The summed E-state index contributed by atoms with van der Waals surface area (Å²) < 4.78 is 5.59.